The van der Waals surface area contributed by atoms with Crippen molar-refractivity contribution in [3.63, 3.8) is 0 Å². The second-order valence-electron chi connectivity index (χ2n) is 3.46. The fourth-order valence-corrected chi connectivity index (χ4v) is 2.17. The summed E-state index contributed by atoms with van der Waals surface area (Å²) >= 11 is 9.59. The second kappa shape index (κ2) is 6.93. The van der Waals surface area contributed by atoms with Crippen LogP contribution in [0.5, 0.6) is 0 Å². The Morgan fingerprint density at radius 3 is 2.94 bits per heavy atom. The summed E-state index contributed by atoms with van der Waals surface area (Å²) in [6, 6.07) is 5.85. The molecule has 4 heteroatoms. The molecule has 0 aliphatic rings. The Labute approximate surface area is 110 Å². The fraction of sp³-hybridized carbons (Fsp3) is 0.333. The molecule has 0 fully saturated rings. The van der Waals surface area contributed by atoms with Gasteiger partial charge < -0.3 is 0 Å². The van der Waals surface area contributed by atoms with E-state index >= 15 is 0 Å². The molecule has 1 aromatic rings. The van der Waals surface area contributed by atoms with Gasteiger partial charge in [0.1, 0.15) is 0 Å². The summed E-state index contributed by atoms with van der Waals surface area (Å²) in [6.45, 7) is 0. The number of benzene rings is 1. The summed E-state index contributed by atoms with van der Waals surface area (Å²) < 4.78 is 0.879. The van der Waals surface area contributed by atoms with Gasteiger partial charge in [-0.1, -0.05) is 23.7 Å². The zero-order valence-corrected chi connectivity index (χ0v) is 11.2. The molecule has 1 unspecified atom stereocenters. The van der Waals surface area contributed by atoms with E-state index in [1.54, 1.807) is 0 Å². The van der Waals surface area contributed by atoms with Crippen LogP contribution in [0.4, 0.5) is 0 Å². The van der Waals surface area contributed by atoms with Crippen LogP contribution in [0.3, 0.4) is 0 Å². The number of terminal acetylenes is 1. The van der Waals surface area contributed by atoms with E-state index in [1.165, 1.54) is 0 Å². The Balaban J connectivity index is 2.79. The van der Waals surface area contributed by atoms with Crippen molar-refractivity contribution in [3.8, 4) is 12.3 Å². The van der Waals surface area contributed by atoms with Crippen LogP contribution < -0.4 is 11.3 Å². The highest BCUT2D eigenvalue weighted by Gasteiger charge is 2.14. The molecule has 0 amide bonds. The molecule has 1 aromatic carbocycles. The largest absolute Gasteiger partial charge is 0.271 e. The van der Waals surface area contributed by atoms with E-state index in [0.29, 0.717) is 5.02 Å². The van der Waals surface area contributed by atoms with Crippen LogP contribution in [0.25, 0.3) is 0 Å². The van der Waals surface area contributed by atoms with Crippen LogP contribution in [-0.2, 0) is 0 Å². The summed E-state index contributed by atoms with van der Waals surface area (Å²) in [5, 5.41) is 0.700. The van der Waals surface area contributed by atoms with Crippen LogP contribution in [0.2, 0.25) is 5.02 Å². The normalized spacial score (nSPS) is 12.1. The van der Waals surface area contributed by atoms with Gasteiger partial charge in [0, 0.05) is 16.9 Å². The number of nitrogens with two attached hydrogens (primary N) is 1. The summed E-state index contributed by atoms with van der Waals surface area (Å²) in [7, 11) is 0. The Morgan fingerprint density at radius 2 is 2.31 bits per heavy atom. The first-order valence-electron chi connectivity index (χ1n) is 5.04. The second-order valence-corrected chi connectivity index (χ2v) is 4.69. The van der Waals surface area contributed by atoms with E-state index in [1.807, 2.05) is 18.2 Å². The topological polar surface area (TPSA) is 38.0 Å². The van der Waals surface area contributed by atoms with Gasteiger partial charge in [-0.15, -0.1) is 12.3 Å². The first-order valence-corrected chi connectivity index (χ1v) is 6.21. The van der Waals surface area contributed by atoms with Crippen molar-refractivity contribution in [3.05, 3.63) is 33.3 Å². The molecule has 0 saturated heterocycles. The van der Waals surface area contributed by atoms with E-state index in [0.717, 1.165) is 29.3 Å². The van der Waals surface area contributed by atoms with Crippen molar-refractivity contribution in [2.24, 2.45) is 5.84 Å². The SMILES string of the molecule is C#CCCCC(NN)c1cccc(Br)c1Cl. The summed E-state index contributed by atoms with van der Waals surface area (Å²) in [6.07, 6.45) is 7.76. The van der Waals surface area contributed by atoms with E-state index in [2.05, 4.69) is 27.3 Å². The van der Waals surface area contributed by atoms with Crippen LogP contribution in [0, 0.1) is 12.3 Å². The van der Waals surface area contributed by atoms with Gasteiger partial charge >= 0.3 is 0 Å². The molecule has 0 aliphatic heterocycles. The van der Waals surface area contributed by atoms with Crippen LogP contribution in [0.15, 0.2) is 22.7 Å². The number of hydrazine groups is 1. The van der Waals surface area contributed by atoms with Gasteiger partial charge in [0.25, 0.3) is 0 Å². The molecule has 0 aliphatic carbocycles. The van der Waals surface area contributed by atoms with Crippen molar-refractivity contribution in [2.45, 2.75) is 25.3 Å². The number of hydrogen-bond donors (Lipinski definition) is 2. The lowest BCUT2D eigenvalue weighted by atomic mass is 10.0. The summed E-state index contributed by atoms with van der Waals surface area (Å²) in [4.78, 5) is 0. The molecule has 0 aromatic heterocycles. The predicted molar refractivity (Wildman–Crippen MR) is 71.9 cm³/mol. The lowest BCUT2D eigenvalue weighted by Gasteiger charge is -2.17. The Kier molecular flexibility index (Phi) is 5.86. The van der Waals surface area contributed by atoms with Gasteiger partial charge in [-0.3, -0.25) is 11.3 Å². The molecule has 2 nitrogen and oxygen atoms in total. The van der Waals surface area contributed by atoms with Crippen molar-refractivity contribution < 1.29 is 0 Å². The number of unbranched alkanes of at least 4 members (excludes halogenated alkanes) is 1. The maximum absolute atomic E-state index is 6.20. The van der Waals surface area contributed by atoms with E-state index in [4.69, 9.17) is 23.9 Å². The molecule has 86 valence electrons. The molecule has 16 heavy (non-hydrogen) atoms. The highest BCUT2D eigenvalue weighted by atomic mass is 79.9. The van der Waals surface area contributed by atoms with Gasteiger partial charge in [-0.05, 0) is 40.4 Å². The third-order valence-corrected chi connectivity index (χ3v) is 3.68. The maximum Gasteiger partial charge on any atom is 0.0596 e. The minimum absolute atomic E-state index is 0.0401. The molecule has 0 spiro atoms. The average molecular weight is 302 g/mol. The van der Waals surface area contributed by atoms with Gasteiger partial charge in [-0.2, -0.15) is 0 Å². The zero-order valence-electron chi connectivity index (χ0n) is 8.84. The molecule has 0 radical (unpaired) electrons. The molecule has 1 rings (SSSR count). The number of halogens is 2. The van der Waals surface area contributed by atoms with Crippen molar-refractivity contribution >= 4 is 27.5 Å². The predicted octanol–water partition coefficient (Wildman–Crippen LogP) is 3.41. The fourth-order valence-electron chi connectivity index (χ4n) is 1.53. The monoisotopic (exact) mass is 300 g/mol. The minimum atomic E-state index is 0.0401. The van der Waals surface area contributed by atoms with E-state index in [-0.39, 0.29) is 6.04 Å². The molecular weight excluding hydrogens is 288 g/mol. The average Bonchev–Trinajstić information content (AvgIpc) is 2.29. The third kappa shape index (κ3) is 3.50. The first kappa shape index (κ1) is 13.5. The molecule has 1 atom stereocenters. The lowest BCUT2D eigenvalue weighted by Crippen LogP contribution is -2.28. The number of nitrogens with one attached hydrogen (secondary N) is 1. The van der Waals surface area contributed by atoms with Gasteiger partial charge in [0.05, 0.1) is 5.02 Å². The maximum atomic E-state index is 6.20. The van der Waals surface area contributed by atoms with Crippen LogP contribution >= 0.6 is 27.5 Å². The molecule has 0 heterocycles. The minimum Gasteiger partial charge on any atom is -0.271 e. The Bertz CT molecular complexity index is 387. The lowest BCUT2D eigenvalue weighted by molar-refractivity contribution is 0.502. The third-order valence-electron chi connectivity index (χ3n) is 2.37. The molecule has 0 bridgehead atoms. The molecule has 3 N–H and O–H groups in total. The smallest absolute Gasteiger partial charge is 0.0596 e. The molecule has 0 saturated carbocycles. The standard InChI is InChI=1S/C12H14BrClN2/c1-2-3-4-8-11(16-15)9-6-5-7-10(13)12(9)14/h1,5-7,11,16H,3-4,8,15H2. The van der Waals surface area contributed by atoms with Gasteiger partial charge in [-0.25, -0.2) is 0 Å². The molecular formula is C12H14BrClN2. The Morgan fingerprint density at radius 1 is 1.56 bits per heavy atom. The quantitative estimate of drug-likeness (QED) is 0.378. The summed E-state index contributed by atoms with van der Waals surface area (Å²) in [5.41, 5.74) is 3.77. The van der Waals surface area contributed by atoms with Crippen molar-refractivity contribution in [1.82, 2.24) is 5.43 Å². The first-order chi connectivity index (χ1) is 7.70. The van der Waals surface area contributed by atoms with Crippen molar-refractivity contribution in [1.29, 1.82) is 0 Å². The number of hydrogen-bond acceptors (Lipinski definition) is 2. The van der Waals surface area contributed by atoms with Gasteiger partial charge in [0.15, 0.2) is 0 Å². The number of rotatable bonds is 5. The zero-order chi connectivity index (χ0) is 12.0. The highest BCUT2D eigenvalue weighted by molar-refractivity contribution is 9.10. The van der Waals surface area contributed by atoms with E-state index < -0.39 is 0 Å². The van der Waals surface area contributed by atoms with Crippen LogP contribution in [0.1, 0.15) is 30.9 Å². The van der Waals surface area contributed by atoms with Crippen LogP contribution in [-0.4, -0.2) is 0 Å². The Hall–Kier alpha value is -0.530. The van der Waals surface area contributed by atoms with Crippen molar-refractivity contribution in [2.75, 3.05) is 0 Å². The van der Waals surface area contributed by atoms with E-state index in [9.17, 15) is 0 Å². The highest BCUT2D eigenvalue weighted by Crippen LogP contribution is 2.31. The summed E-state index contributed by atoms with van der Waals surface area (Å²) in [5.74, 6) is 8.14. The van der Waals surface area contributed by atoms with Gasteiger partial charge in [0.2, 0.25) is 0 Å².